The van der Waals surface area contributed by atoms with Gasteiger partial charge in [0.1, 0.15) is 0 Å². The fraction of sp³-hybridized carbons (Fsp3) is 0.600. The van der Waals surface area contributed by atoms with Crippen molar-refractivity contribution >= 4 is 23.5 Å². The van der Waals surface area contributed by atoms with Crippen LogP contribution in [0.5, 0.6) is 0 Å². The summed E-state index contributed by atoms with van der Waals surface area (Å²) in [5.41, 5.74) is 7.72. The lowest BCUT2D eigenvalue weighted by Crippen LogP contribution is -2.40. The average Bonchev–Trinajstić information content (AvgIpc) is 3.03. The third kappa shape index (κ3) is 5.00. The molecule has 7 heteroatoms. The number of hydrazine groups is 1. The number of methoxy groups -OCH3 is 1. The van der Waals surface area contributed by atoms with Crippen LogP contribution in [0.4, 0.5) is 0 Å². The highest BCUT2D eigenvalue weighted by Crippen LogP contribution is 2.33. The highest BCUT2D eigenvalue weighted by Gasteiger charge is 2.37. The maximum absolute atomic E-state index is 12.9. The van der Waals surface area contributed by atoms with Crippen LogP contribution in [0.1, 0.15) is 44.2 Å². The first kappa shape index (κ1) is 20.1. The predicted octanol–water partition coefficient (Wildman–Crippen LogP) is 2.69. The molecule has 3 unspecified atom stereocenters. The van der Waals surface area contributed by atoms with Crippen molar-refractivity contribution in [2.75, 3.05) is 20.2 Å². The summed E-state index contributed by atoms with van der Waals surface area (Å²) < 4.78 is 4.75. The Morgan fingerprint density at radius 2 is 1.81 bits per heavy atom. The fourth-order valence-corrected chi connectivity index (χ4v) is 4.18. The van der Waals surface area contributed by atoms with E-state index in [-0.39, 0.29) is 29.9 Å². The van der Waals surface area contributed by atoms with Gasteiger partial charge < -0.3 is 9.64 Å². The molecular formula is C20H28ClN3O3. The molecule has 0 aliphatic carbocycles. The van der Waals surface area contributed by atoms with E-state index in [0.717, 1.165) is 18.4 Å². The molecule has 1 aromatic carbocycles. The van der Waals surface area contributed by atoms with Crippen molar-refractivity contribution in [2.24, 2.45) is 11.8 Å². The van der Waals surface area contributed by atoms with Crippen molar-refractivity contribution in [3.05, 3.63) is 34.9 Å². The van der Waals surface area contributed by atoms with Crippen LogP contribution in [0.3, 0.4) is 0 Å². The standard InChI is InChI=1S/C20H28ClN3O3/c1-13-17(20(23-22-13)15-3-5-16(21)6-4-15)12-18(25)24-9-7-14(8-10-24)11-19(26)27-2/h3-6,13-14,17,20,22-23H,7-12H2,1-2H3. The van der Waals surface area contributed by atoms with Gasteiger partial charge in [-0.3, -0.25) is 15.0 Å². The lowest BCUT2D eigenvalue weighted by Gasteiger charge is -2.33. The van der Waals surface area contributed by atoms with E-state index in [2.05, 4.69) is 17.8 Å². The molecule has 2 N–H and O–H groups in total. The van der Waals surface area contributed by atoms with Crippen LogP contribution < -0.4 is 10.9 Å². The highest BCUT2D eigenvalue weighted by molar-refractivity contribution is 6.30. The summed E-state index contributed by atoms with van der Waals surface area (Å²) >= 11 is 6.00. The third-order valence-corrected chi connectivity index (χ3v) is 6.08. The average molecular weight is 394 g/mol. The molecule has 148 valence electrons. The lowest BCUT2D eigenvalue weighted by atomic mass is 9.86. The van der Waals surface area contributed by atoms with Gasteiger partial charge in [-0.05, 0) is 43.4 Å². The summed E-state index contributed by atoms with van der Waals surface area (Å²) in [5.74, 6) is 0.513. The number of nitrogens with zero attached hydrogens (tertiary/aromatic N) is 1. The number of piperidine rings is 1. The molecule has 2 fully saturated rings. The molecular weight excluding hydrogens is 366 g/mol. The van der Waals surface area contributed by atoms with E-state index in [1.165, 1.54) is 7.11 Å². The molecule has 2 aliphatic heterocycles. The van der Waals surface area contributed by atoms with Gasteiger partial charge in [-0.15, -0.1) is 0 Å². The Hall–Kier alpha value is -1.63. The minimum Gasteiger partial charge on any atom is -0.469 e. The minimum absolute atomic E-state index is 0.0816. The van der Waals surface area contributed by atoms with E-state index in [0.29, 0.717) is 36.9 Å². The number of hydrogen-bond donors (Lipinski definition) is 2. The first-order chi connectivity index (χ1) is 13.0. The Kier molecular flexibility index (Phi) is 6.73. The monoisotopic (exact) mass is 393 g/mol. The number of nitrogens with one attached hydrogen (secondary N) is 2. The first-order valence-corrected chi connectivity index (χ1v) is 9.97. The van der Waals surface area contributed by atoms with Crippen LogP contribution in [0, 0.1) is 11.8 Å². The van der Waals surface area contributed by atoms with Gasteiger partial charge >= 0.3 is 5.97 Å². The molecule has 0 bridgehead atoms. The molecule has 3 rings (SSSR count). The number of carbonyl (C=O) groups is 2. The number of amides is 1. The zero-order valence-electron chi connectivity index (χ0n) is 15.9. The smallest absolute Gasteiger partial charge is 0.305 e. The molecule has 0 radical (unpaired) electrons. The van der Waals surface area contributed by atoms with E-state index in [1.807, 2.05) is 29.2 Å². The molecule has 0 aromatic heterocycles. The van der Waals surface area contributed by atoms with E-state index >= 15 is 0 Å². The Morgan fingerprint density at radius 3 is 2.44 bits per heavy atom. The van der Waals surface area contributed by atoms with Crippen molar-refractivity contribution in [3.8, 4) is 0 Å². The van der Waals surface area contributed by atoms with Crippen molar-refractivity contribution in [3.63, 3.8) is 0 Å². The second-order valence-electron chi connectivity index (χ2n) is 7.58. The van der Waals surface area contributed by atoms with Crippen molar-refractivity contribution < 1.29 is 14.3 Å². The Bertz CT molecular complexity index is 659. The molecule has 3 atom stereocenters. The van der Waals surface area contributed by atoms with Crippen molar-refractivity contribution in [2.45, 2.75) is 44.7 Å². The van der Waals surface area contributed by atoms with E-state index in [4.69, 9.17) is 16.3 Å². The first-order valence-electron chi connectivity index (χ1n) is 9.59. The van der Waals surface area contributed by atoms with Crippen LogP contribution in [0.25, 0.3) is 0 Å². The van der Waals surface area contributed by atoms with E-state index in [9.17, 15) is 9.59 Å². The molecule has 0 saturated carbocycles. The second kappa shape index (κ2) is 9.04. The normalized spacial score (nSPS) is 26.2. The van der Waals surface area contributed by atoms with Crippen LogP contribution in [-0.2, 0) is 14.3 Å². The van der Waals surface area contributed by atoms with Gasteiger partial charge in [0.25, 0.3) is 0 Å². The van der Waals surface area contributed by atoms with Crippen LogP contribution in [-0.4, -0.2) is 43.0 Å². The summed E-state index contributed by atoms with van der Waals surface area (Å²) in [6, 6.07) is 8.06. The summed E-state index contributed by atoms with van der Waals surface area (Å²) in [5, 5.41) is 0.709. The van der Waals surface area contributed by atoms with Gasteiger partial charge in [0, 0.05) is 42.9 Å². The van der Waals surface area contributed by atoms with Gasteiger partial charge in [-0.25, -0.2) is 5.43 Å². The van der Waals surface area contributed by atoms with Crippen LogP contribution >= 0.6 is 11.6 Å². The molecule has 0 spiro atoms. The number of likely N-dealkylation sites (tertiary alicyclic amines) is 1. The summed E-state index contributed by atoms with van der Waals surface area (Å²) in [7, 11) is 1.42. The SMILES string of the molecule is COC(=O)CC1CCN(C(=O)CC2C(C)NNC2c2ccc(Cl)cc2)CC1. The van der Waals surface area contributed by atoms with E-state index < -0.39 is 0 Å². The number of esters is 1. The number of benzene rings is 1. The summed E-state index contributed by atoms with van der Waals surface area (Å²) in [4.78, 5) is 26.2. The quantitative estimate of drug-likeness (QED) is 0.752. The predicted molar refractivity (Wildman–Crippen MR) is 104 cm³/mol. The van der Waals surface area contributed by atoms with Gasteiger partial charge in [0.05, 0.1) is 13.2 Å². The highest BCUT2D eigenvalue weighted by atomic mass is 35.5. The Labute approximate surface area is 165 Å². The van der Waals surface area contributed by atoms with Crippen molar-refractivity contribution in [1.29, 1.82) is 0 Å². The number of halogens is 1. The number of carbonyl (C=O) groups excluding carboxylic acids is 2. The Morgan fingerprint density at radius 1 is 1.15 bits per heavy atom. The molecule has 1 amide bonds. The number of ether oxygens (including phenoxy) is 1. The molecule has 2 saturated heterocycles. The van der Waals surface area contributed by atoms with Crippen LogP contribution in [0.15, 0.2) is 24.3 Å². The summed E-state index contributed by atoms with van der Waals surface area (Å²) in [6.07, 6.45) is 2.66. The largest absolute Gasteiger partial charge is 0.469 e. The number of rotatable bonds is 5. The zero-order chi connectivity index (χ0) is 19.4. The zero-order valence-corrected chi connectivity index (χ0v) is 16.7. The Balaban J connectivity index is 1.56. The van der Waals surface area contributed by atoms with Gasteiger partial charge in [-0.1, -0.05) is 23.7 Å². The molecule has 2 heterocycles. The maximum Gasteiger partial charge on any atom is 0.305 e. The minimum atomic E-state index is -0.164. The van der Waals surface area contributed by atoms with Gasteiger partial charge in [0.2, 0.25) is 5.91 Å². The lowest BCUT2D eigenvalue weighted by molar-refractivity contribution is -0.142. The molecule has 2 aliphatic rings. The van der Waals surface area contributed by atoms with Gasteiger partial charge in [-0.2, -0.15) is 0 Å². The molecule has 6 nitrogen and oxygen atoms in total. The maximum atomic E-state index is 12.9. The second-order valence-corrected chi connectivity index (χ2v) is 8.02. The fourth-order valence-electron chi connectivity index (χ4n) is 4.06. The van der Waals surface area contributed by atoms with Gasteiger partial charge in [0.15, 0.2) is 0 Å². The number of hydrogen-bond acceptors (Lipinski definition) is 5. The van der Waals surface area contributed by atoms with Crippen LogP contribution in [0.2, 0.25) is 5.02 Å². The molecule has 1 aromatic rings. The van der Waals surface area contributed by atoms with Crippen molar-refractivity contribution in [1.82, 2.24) is 15.8 Å². The molecule has 27 heavy (non-hydrogen) atoms. The topological polar surface area (TPSA) is 70.7 Å². The third-order valence-electron chi connectivity index (χ3n) is 5.83. The summed E-state index contributed by atoms with van der Waals surface area (Å²) in [6.45, 7) is 3.53. The van der Waals surface area contributed by atoms with E-state index in [1.54, 1.807) is 0 Å².